The minimum atomic E-state index is 0.241. The Balaban J connectivity index is 4.20. The molecule has 0 aliphatic heterocycles. The van der Waals surface area contributed by atoms with Crippen molar-refractivity contribution in [2.75, 3.05) is 39.5 Å². The molecule has 0 rings (SSSR count). The number of nitrogens with one attached hydrogen (secondary N) is 2. The molecule has 0 radical (unpaired) electrons. The Morgan fingerprint density at radius 2 is 2.00 bits per heavy atom. The van der Waals surface area contributed by atoms with Gasteiger partial charge in [0, 0.05) is 39.5 Å². The average molecular weight is 301 g/mol. The zero-order chi connectivity index (χ0) is 15.9. The highest BCUT2D eigenvalue weighted by Crippen LogP contribution is 2.15. The van der Waals surface area contributed by atoms with Gasteiger partial charge in [0.1, 0.15) is 0 Å². The quantitative estimate of drug-likeness (QED) is 0.293. The summed E-state index contributed by atoms with van der Waals surface area (Å²) >= 11 is 0. The van der Waals surface area contributed by atoms with Gasteiger partial charge in [0.15, 0.2) is 5.96 Å². The molecule has 5 nitrogen and oxygen atoms in total. The van der Waals surface area contributed by atoms with Crippen molar-refractivity contribution in [3.05, 3.63) is 0 Å². The predicted molar refractivity (Wildman–Crippen MR) is 89.7 cm³/mol. The van der Waals surface area contributed by atoms with Crippen molar-refractivity contribution >= 4 is 5.96 Å². The fraction of sp³-hybridized carbons (Fsp3) is 0.938. The maximum absolute atomic E-state index is 9.15. The molecule has 1 unspecified atom stereocenters. The van der Waals surface area contributed by atoms with Crippen molar-refractivity contribution in [3.8, 4) is 0 Å². The van der Waals surface area contributed by atoms with Crippen molar-refractivity contribution in [1.29, 1.82) is 0 Å². The molecule has 21 heavy (non-hydrogen) atoms. The van der Waals surface area contributed by atoms with Crippen molar-refractivity contribution in [2.24, 2.45) is 16.8 Å². The third kappa shape index (κ3) is 12.6. The normalized spacial score (nSPS) is 13.5. The number of aliphatic hydroxyl groups excluding tert-OH is 1. The molecule has 0 aliphatic rings. The van der Waals surface area contributed by atoms with Crippen LogP contribution in [0.1, 0.15) is 47.0 Å². The third-order valence-electron chi connectivity index (χ3n) is 3.16. The molecular weight excluding hydrogens is 266 g/mol. The second-order valence-electron chi connectivity index (χ2n) is 5.70. The molecule has 0 amide bonds. The van der Waals surface area contributed by atoms with Crippen LogP contribution in [0.3, 0.4) is 0 Å². The Morgan fingerprint density at radius 1 is 1.24 bits per heavy atom. The van der Waals surface area contributed by atoms with Crippen LogP contribution >= 0.6 is 0 Å². The maximum atomic E-state index is 9.15. The molecular formula is C16H35N3O2. The summed E-state index contributed by atoms with van der Waals surface area (Å²) in [5.41, 5.74) is 0. The highest BCUT2D eigenvalue weighted by molar-refractivity contribution is 5.79. The SMILES string of the molecule is CCNC(=NCC(CCO)CC(C)C)NCCCOCC. The van der Waals surface area contributed by atoms with E-state index in [0.717, 1.165) is 58.1 Å². The van der Waals surface area contributed by atoms with Gasteiger partial charge in [0.05, 0.1) is 0 Å². The molecule has 1 atom stereocenters. The summed E-state index contributed by atoms with van der Waals surface area (Å²) in [7, 11) is 0. The standard InChI is InChI=1S/C16H35N3O2/c1-5-17-16(18-9-7-11-21-6-2)19-13-15(8-10-20)12-14(3)4/h14-15,20H,5-13H2,1-4H3,(H2,17,18,19). The van der Waals surface area contributed by atoms with Gasteiger partial charge < -0.3 is 20.5 Å². The van der Waals surface area contributed by atoms with E-state index in [0.29, 0.717) is 11.8 Å². The Hall–Kier alpha value is -0.810. The van der Waals surface area contributed by atoms with E-state index in [1.165, 1.54) is 0 Å². The molecule has 0 aromatic carbocycles. The van der Waals surface area contributed by atoms with Gasteiger partial charge in [0.25, 0.3) is 0 Å². The average Bonchev–Trinajstić information content (AvgIpc) is 2.43. The number of guanidine groups is 1. The number of nitrogens with zero attached hydrogens (tertiary/aromatic N) is 1. The minimum absolute atomic E-state index is 0.241. The largest absolute Gasteiger partial charge is 0.396 e. The van der Waals surface area contributed by atoms with Gasteiger partial charge in [-0.15, -0.1) is 0 Å². The molecule has 5 heteroatoms. The van der Waals surface area contributed by atoms with Crippen molar-refractivity contribution in [3.63, 3.8) is 0 Å². The second-order valence-corrected chi connectivity index (χ2v) is 5.70. The van der Waals surface area contributed by atoms with E-state index in [4.69, 9.17) is 9.84 Å². The molecule has 0 saturated carbocycles. The van der Waals surface area contributed by atoms with Crippen molar-refractivity contribution in [1.82, 2.24) is 10.6 Å². The molecule has 0 fully saturated rings. The first-order valence-corrected chi connectivity index (χ1v) is 8.34. The van der Waals surface area contributed by atoms with Gasteiger partial charge in [-0.2, -0.15) is 0 Å². The number of ether oxygens (including phenoxy) is 1. The Labute approximate surface area is 130 Å². The van der Waals surface area contributed by atoms with Crippen molar-refractivity contribution < 1.29 is 9.84 Å². The molecule has 0 heterocycles. The van der Waals surface area contributed by atoms with Crippen LogP contribution in [-0.2, 0) is 4.74 Å². The van der Waals surface area contributed by atoms with E-state index in [1.807, 2.05) is 6.92 Å². The van der Waals surface area contributed by atoms with Crippen molar-refractivity contribution in [2.45, 2.75) is 47.0 Å². The summed E-state index contributed by atoms with van der Waals surface area (Å²) in [5.74, 6) is 1.95. The van der Waals surface area contributed by atoms with Gasteiger partial charge >= 0.3 is 0 Å². The van der Waals surface area contributed by atoms with Crippen LogP contribution < -0.4 is 10.6 Å². The lowest BCUT2D eigenvalue weighted by atomic mass is 9.94. The molecule has 3 N–H and O–H groups in total. The summed E-state index contributed by atoms with van der Waals surface area (Å²) in [5, 5.41) is 15.7. The topological polar surface area (TPSA) is 65.9 Å². The predicted octanol–water partition coefficient (Wildman–Crippen LogP) is 2.01. The van der Waals surface area contributed by atoms with Crippen LogP contribution in [-0.4, -0.2) is 50.5 Å². The lowest BCUT2D eigenvalue weighted by Gasteiger charge is -2.17. The van der Waals surface area contributed by atoms with E-state index in [1.54, 1.807) is 0 Å². The van der Waals surface area contributed by atoms with E-state index in [9.17, 15) is 0 Å². The van der Waals surface area contributed by atoms with Crippen LogP contribution in [0.25, 0.3) is 0 Å². The smallest absolute Gasteiger partial charge is 0.191 e. The van der Waals surface area contributed by atoms with E-state index >= 15 is 0 Å². The van der Waals surface area contributed by atoms with Crippen LogP contribution in [0.2, 0.25) is 0 Å². The number of aliphatic hydroxyl groups is 1. The van der Waals surface area contributed by atoms with Gasteiger partial charge in [-0.3, -0.25) is 4.99 Å². The lowest BCUT2D eigenvalue weighted by Crippen LogP contribution is -2.38. The second kappa shape index (κ2) is 14.1. The fourth-order valence-electron chi connectivity index (χ4n) is 2.22. The number of aliphatic imine (C=N–C) groups is 1. The van der Waals surface area contributed by atoms with Gasteiger partial charge in [0.2, 0.25) is 0 Å². The van der Waals surface area contributed by atoms with E-state index < -0.39 is 0 Å². The molecule has 0 spiro atoms. The van der Waals surface area contributed by atoms with E-state index in [2.05, 4.69) is 36.4 Å². The summed E-state index contributed by atoms with van der Waals surface area (Å²) in [4.78, 5) is 4.65. The summed E-state index contributed by atoms with van der Waals surface area (Å²) in [6.07, 6.45) is 2.91. The fourth-order valence-corrected chi connectivity index (χ4v) is 2.22. The first kappa shape index (κ1) is 20.2. The highest BCUT2D eigenvalue weighted by Gasteiger charge is 2.10. The summed E-state index contributed by atoms with van der Waals surface area (Å²) < 4.78 is 5.32. The van der Waals surface area contributed by atoms with Crippen LogP contribution in [0.4, 0.5) is 0 Å². The third-order valence-corrected chi connectivity index (χ3v) is 3.16. The number of rotatable bonds is 12. The zero-order valence-electron chi connectivity index (χ0n) is 14.3. The Bertz CT molecular complexity index is 258. The van der Waals surface area contributed by atoms with Crippen LogP contribution in [0.15, 0.2) is 4.99 Å². The number of hydrogen-bond acceptors (Lipinski definition) is 3. The molecule has 0 aromatic rings. The van der Waals surface area contributed by atoms with Crippen LogP contribution in [0.5, 0.6) is 0 Å². The summed E-state index contributed by atoms with van der Waals surface area (Å²) in [6.45, 7) is 12.8. The first-order valence-electron chi connectivity index (χ1n) is 8.34. The summed E-state index contributed by atoms with van der Waals surface area (Å²) in [6, 6.07) is 0. The minimum Gasteiger partial charge on any atom is -0.396 e. The van der Waals surface area contributed by atoms with Gasteiger partial charge in [-0.25, -0.2) is 0 Å². The first-order chi connectivity index (χ1) is 10.1. The monoisotopic (exact) mass is 301 g/mol. The van der Waals surface area contributed by atoms with Crippen LogP contribution in [0, 0.1) is 11.8 Å². The van der Waals surface area contributed by atoms with Gasteiger partial charge in [-0.1, -0.05) is 13.8 Å². The van der Waals surface area contributed by atoms with E-state index in [-0.39, 0.29) is 6.61 Å². The maximum Gasteiger partial charge on any atom is 0.191 e. The lowest BCUT2D eigenvalue weighted by molar-refractivity contribution is 0.145. The molecule has 0 saturated heterocycles. The molecule has 0 aromatic heterocycles. The number of hydrogen-bond donors (Lipinski definition) is 3. The van der Waals surface area contributed by atoms with Gasteiger partial charge in [-0.05, 0) is 44.9 Å². The zero-order valence-corrected chi connectivity index (χ0v) is 14.3. The highest BCUT2D eigenvalue weighted by atomic mass is 16.5. The molecule has 0 bridgehead atoms. The molecule has 126 valence electrons. The molecule has 0 aliphatic carbocycles. The Morgan fingerprint density at radius 3 is 2.57 bits per heavy atom. The Kier molecular flexibility index (Phi) is 13.6.